The molecule has 0 aromatic heterocycles. The van der Waals surface area contributed by atoms with Crippen molar-refractivity contribution in [2.45, 2.75) is 239 Å². The van der Waals surface area contributed by atoms with E-state index in [0.717, 1.165) is 13.2 Å². The zero-order valence-electron chi connectivity index (χ0n) is 30.1. The Labute approximate surface area is 268 Å². The first-order chi connectivity index (χ1) is 20.7. The quantitative estimate of drug-likeness (QED) is 0.0514. The Morgan fingerprint density at radius 3 is 0.643 bits per heavy atom. The highest BCUT2D eigenvalue weighted by Gasteiger charge is 2.35. The first-order valence-electron chi connectivity index (χ1n) is 20.0. The molecule has 3 heteroatoms. The average molecular weight is 611 g/mol. The maximum absolute atomic E-state index is 6.43. The SMILES string of the molecule is CCCCCCCCCCCCCCCCCCCC[Si](CCCCCCCCCCCCCCC)(OCC)OCC. The van der Waals surface area contributed by atoms with Crippen LogP contribution in [0.3, 0.4) is 0 Å². The third kappa shape index (κ3) is 30.2. The maximum Gasteiger partial charge on any atom is 0.338 e. The summed E-state index contributed by atoms with van der Waals surface area (Å²) in [5.41, 5.74) is 0. The summed E-state index contributed by atoms with van der Waals surface area (Å²) in [6.07, 6.45) is 44.3. The van der Waals surface area contributed by atoms with E-state index in [9.17, 15) is 0 Å². The molecule has 42 heavy (non-hydrogen) atoms. The van der Waals surface area contributed by atoms with Gasteiger partial charge in [-0.25, -0.2) is 0 Å². The van der Waals surface area contributed by atoms with E-state index in [4.69, 9.17) is 8.85 Å². The Bertz CT molecular complexity index is 477. The number of hydrogen-bond acceptors (Lipinski definition) is 2. The lowest BCUT2D eigenvalue weighted by Crippen LogP contribution is -2.42. The summed E-state index contributed by atoms with van der Waals surface area (Å²) in [5.74, 6) is 0. The van der Waals surface area contributed by atoms with Crippen LogP contribution in [0.4, 0.5) is 0 Å². The third-order valence-electron chi connectivity index (χ3n) is 9.39. The van der Waals surface area contributed by atoms with E-state index in [0.29, 0.717) is 0 Å². The molecule has 254 valence electrons. The summed E-state index contributed by atoms with van der Waals surface area (Å²) in [4.78, 5) is 0. The van der Waals surface area contributed by atoms with Crippen LogP contribution in [0.15, 0.2) is 0 Å². The van der Waals surface area contributed by atoms with Crippen LogP contribution in [-0.4, -0.2) is 21.8 Å². The van der Waals surface area contributed by atoms with Crippen molar-refractivity contribution >= 4 is 8.56 Å². The van der Waals surface area contributed by atoms with Gasteiger partial charge in [-0.3, -0.25) is 0 Å². The van der Waals surface area contributed by atoms with Gasteiger partial charge >= 0.3 is 8.56 Å². The van der Waals surface area contributed by atoms with Gasteiger partial charge in [0, 0.05) is 13.2 Å². The van der Waals surface area contributed by atoms with Crippen molar-refractivity contribution in [2.75, 3.05) is 13.2 Å². The van der Waals surface area contributed by atoms with Crippen LogP contribution in [-0.2, 0) is 8.85 Å². The minimum Gasteiger partial charge on any atom is -0.394 e. The molecule has 2 nitrogen and oxygen atoms in total. The molecule has 0 rings (SSSR count). The van der Waals surface area contributed by atoms with E-state index in [1.165, 1.54) is 211 Å². The van der Waals surface area contributed by atoms with Gasteiger partial charge in [-0.2, -0.15) is 0 Å². The molecule has 0 fully saturated rings. The summed E-state index contributed by atoms with van der Waals surface area (Å²) in [7, 11) is -2.01. The van der Waals surface area contributed by atoms with Crippen molar-refractivity contribution in [2.24, 2.45) is 0 Å². The molecular formula is C39H82O2Si. The molecule has 0 aliphatic heterocycles. The molecule has 0 aromatic carbocycles. The molecule has 0 radical (unpaired) electrons. The van der Waals surface area contributed by atoms with Gasteiger partial charge in [-0.15, -0.1) is 0 Å². The van der Waals surface area contributed by atoms with E-state index in [1.54, 1.807) is 0 Å². The zero-order chi connectivity index (χ0) is 30.7. The minimum atomic E-state index is -2.01. The highest BCUT2D eigenvalue weighted by atomic mass is 28.4. The van der Waals surface area contributed by atoms with E-state index < -0.39 is 8.56 Å². The summed E-state index contributed by atoms with van der Waals surface area (Å²) in [6, 6.07) is 2.43. The molecule has 0 aromatic rings. The van der Waals surface area contributed by atoms with Crippen LogP contribution in [0, 0.1) is 0 Å². The monoisotopic (exact) mass is 611 g/mol. The van der Waals surface area contributed by atoms with Crippen molar-refractivity contribution < 1.29 is 8.85 Å². The molecule has 0 amide bonds. The topological polar surface area (TPSA) is 18.5 Å². The van der Waals surface area contributed by atoms with Crippen LogP contribution in [0.25, 0.3) is 0 Å². The van der Waals surface area contributed by atoms with E-state index in [1.807, 2.05) is 0 Å². The standard InChI is InChI=1S/C39H82O2Si/c1-5-9-11-13-15-17-19-21-22-23-24-25-27-29-31-33-35-37-39-42(40-7-3,41-8-4)38-36-34-32-30-28-26-20-18-16-14-12-10-6-2/h5-39H2,1-4H3. The highest BCUT2D eigenvalue weighted by Crippen LogP contribution is 2.27. The molecule has 0 atom stereocenters. The normalized spacial score (nSPS) is 12.0. The third-order valence-corrected chi connectivity index (χ3v) is 13.2. The smallest absolute Gasteiger partial charge is 0.338 e. The Kier molecular flexibility index (Phi) is 35.7. The van der Waals surface area contributed by atoms with Crippen molar-refractivity contribution in [1.82, 2.24) is 0 Å². The molecule has 0 unspecified atom stereocenters. The summed E-state index contributed by atoms with van der Waals surface area (Å²) < 4.78 is 12.9. The van der Waals surface area contributed by atoms with Crippen LogP contribution in [0.2, 0.25) is 12.1 Å². The van der Waals surface area contributed by atoms with E-state index >= 15 is 0 Å². The van der Waals surface area contributed by atoms with Crippen LogP contribution < -0.4 is 0 Å². The Morgan fingerprint density at radius 2 is 0.452 bits per heavy atom. The molecule has 0 saturated heterocycles. The lowest BCUT2D eigenvalue weighted by Gasteiger charge is -2.30. The van der Waals surface area contributed by atoms with Gasteiger partial charge in [0.1, 0.15) is 0 Å². The van der Waals surface area contributed by atoms with Crippen molar-refractivity contribution in [3.05, 3.63) is 0 Å². The second-order valence-electron chi connectivity index (χ2n) is 13.5. The fourth-order valence-electron chi connectivity index (χ4n) is 6.69. The fourth-order valence-corrected chi connectivity index (χ4v) is 10.2. The van der Waals surface area contributed by atoms with Gasteiger partial charge in [0.2, 0.25) is 0 Å². The Hall–Kier alpha value is 0.137. The van der Waals surface area contributed by atoms with E-state index in [-0.39, 0.29) is 0 Å². The summed E-state index contributed by atoms with van der Waals surface area (Å²) >= 11 is 0. The first kappa shape index (κ1) is 42.1. The predicted molar refractivity (Wildman–Crippen MR) is 193 cm³/mol. The fraction of sp³-hybridized carbons (Fsp3) is 1.00. The van der Waals surface area contributed by atoms with Crippen LogP contribution >= 0.6 is 0 Å². The molecule has 0 bridgehead atoms. The van der Waals surface area contributed by atoms with Gasteiger partial charge in [-0.1, -0.05) is 213 Å². The number of rotatable bonds is 37. The lowest BCUT2D eigenvalue weighted by molar-refractivity contribution is 0.180. The van der Waals surface area contributed by atoms with Gasteiger partial charge in [-0.05, 0) is 25.9 Å². The number of hydrogen-bond donors (Lipinski definition) is 0. The first-order valence-corrected chi connectivity index (χ1v) is 22.3. The summed E-state index contributed by atoms with van der Waals surface area (Å²) in [6.45, 7) is 10.6. The highest BCUT2D eigenvalue weighted by molar-refractivity contribution is 6.67. The molecular weight excluding hydrogens is 529 g/mol. The molecule has 0 aliphatic carbocycles. The molecule has 0 heterocycles. The Balaban J connectivity index is 3.71. The van der Waals surface area contributed by atoms with Crippen LogP contribution in [0.5, 0.6) is 0 Å². The van der Waals surface area contributed by atoms with Gasteiger partial charge in [0.05, 0.1) is 0 Å². The largest absolute Gasteiger partial charge is 0.394 e. The second-order valence-corrected chi connectivity index (χ2v) is 16.9. The number of unbranched alkanes of at least 4 members (excludes halogenated alkanes) is 29. The average Bonchev–Trinajstić information content (AvgIpc) is 2.99. The molecule has 0 aliphatic rings. The van der Waals surface area contributed by atoms with Crippen molar-refractivity contribution in [3.63, 3.8) is 0 Å². The zero-order valence-corrected chi connectivity index (χ0v) is 31.1. The Morgan fingerprint density at radius 1 is 0.262 bits per heavy atom. The van der Waals surface area contributed by atoms with Crippen molar-refractivity contribution in [1.29, 1.82) is 0 Å². The molecule has 0 N–H and O–H groups in total. The van der Waals surface area contributed by atoms with E-state index in [2.05, 4.69) is 27.7 Å². The molecule has 0 saturated carbocycles. The van der Waals surface area contributed by atoms with Crippen LogP contribution in [0.1, 0.15) is 227 Å². The van der Waals surface area contributed by atoms with Crippen molar-refractivity contribution in [3.8, 4) is 0 Å². The maximum atomic E-state index is 6.43. The lowest BCUT2D eigenvalue weighted by atomic mass is 10.0. The summed E-state index contributed by atoms with van der Waals surface area (Å²) in [5, 5.41) is 0. The van der Waals surface area contributed by atoms with Gasteiger partial charge < -0.3 is 8.85 Å². The second kappa shape index (κ2) is 35.6. The predicted octanol–water partition coefficient (Wildman–Crippen LogP) is 14.6. The minimum absolute atomic E-state index is 0.823. The van der Waals surface area contributed by atoms with Gasteiger partial charge in [0.15, 0.2) is 0 Å². The molecule has 0 spiro atoms. The van der Waals surface area contributed by atoms with Gasteiger partial charge in [0.25, 0.3) is 0 Å².